The highest BCUT2D eigenvalue weighted by molar-refractivity contribution is 5.87. The van der Waals surface area contributed by atoms with E-state index in [1.54, 1.807) is 7.05 Å². The Hall–Kier alpha value is -2.78. The number of aliphatic carboxylic acids is 1. The Morgan fingerprint density at radius 3 is 2.48 bits per heavy atom. The van der Waals surface area contributed by atoms with Crippen LogP contribution in [0.3, 0.4) is 0 Å². The van der Waals surface area contributed by atoms with Gasteiger partial charge in [-0.3, -0.25) is 14.4 Å². The Bertz CT molecular complexity index is 706. The molecule has 1 fully saturated rings. The number of nitrogens with zero attached hydrogens (tertiary/aromatic N) is 1. The van der Waals surface area contributed by atoms with E-state index in [1.807, 2.05) is 0 Å². The quantitative estimate of drug-likeness (QED) is 0.778. The zero-order valence-corrected chi connectivity index (χ0v) is 14.5. The van der Waals surface area contributed by atoms with Crippen molar-refractivity contribution in [2.75, 3.05) is 13.6 Å². The zero-order valence-electron chi connectivity index (χ0n) is 14.5. The predicted molar refractivity (Wildman–Crippen MR) is 86.6 cm³/mol. The van der Waals surface area contributed by atoms with Crippen molar-refractivity contribution in [2.45, 2.75) is 31.7 Å². The molecule has 0 radical (unpaired) electrons. The summed E-state index contributed by atoms with van der Waals surface area (Å²) < 4.78 is 40.4. The minimum atomic E-state index is -4.84. The van der Waals surface area contributed by atoms with Crippen molar-refractivity contribution in [2.24, 2.45) is 5.92 Å². The largest absolute Gasteiger partial charge is 0.573 e. The van der Waals surface area contributed by atoms with Gasteiger partial charge in [-0.25, -0.2) is 0 Å². The number of hydrogen-bond donors (Lipinski definition) is 2. The van der Waals surface area contributed by atoms with Crippen LogP contribution in [0.2, 0.25) is 0 Å². The van der Waals surface area contributed by atoms with Gasteiger partial charge in [0.1, 0.15) is 5.75 Å². The van der Waals surface area contributed by atoms with E-state index >= 15 is 0 Å². The van der Waals surface area contributed by atoms with Gasteiger partial charge in [-0.15, -0.1) is 13.2 Å². The van der Waals surface area contributed by atoms with E-state index in [2.05, 4.69) is 10.1 Å². The maximum Gasteiger partial charge on any atom is 0.573 e. The molecule has 0 bridgehead atoms. The number of benzene rings is 1. The van der Waals surface area contributed by atoms with Crippen LogP contribution in [0.4, 0.5) is 13.2 Å². The highest BCUT2D eigenvalue weighted by Crippen LogP contribution is 2.26. The molecule has 1 heterocycles. The first-order valence-electron chi connectivity index (χ1n) is 8.17. The summed E-state index contributed by atoms with van der Waals surface area (Å²) in [5.74, 6) is -2.84. The highest BCUT2D eigenvalue weighted by Gasteiger charge is 2.32. The van der Waals surface area contributed by atoms with Gasteiger partial charge in [0.25, 0.3) is 0 Å². The number of piperidine rings is 1. The summed E-state index contributed by atoms with van der Waals surface area (Å²) in [5, 5.41) is 11.7. The molecule has 0 unspecified atom stereocenters. The molecule has 10 heteroatoms. The number of carbonyl (C=O) groups is 3. The number of hydrogen-bond acceptors (Lipinski definition) is 4. The molecule has 7 nitrogen and oxygen atoms in total. The lowest BCUT2D eigenvalue weighted by Crippen LogP contribution is -2.43. The molecule has 1 saturated heterocycles. The molecule has 2 atom stereocenters. The Labute approximate surface area is 153 Å². The van der Waals surface area contributed by atoms with E-state index in [0.29, 0.717) is 18.5 Å². The molecule has 0 aromatic heterocycles. The average molecular weight is 388 g/mol. The van der Waals surface area contributed by atoms with E-state index in [1.165, 1.54) is 17.0 Å². The van der Waals surface area contributed by atoms with E-state index in [0.717, 1.165) is 12.1 Å². The van der Waals surface area contributed by atoms with Crippen LogP contribution in [-0.2, 0) is 14.4 Å². The lowest BCUT2D eigenvalue weighted by molar-refractivity contribution is -0.274. The smallest absolute Gasteiger partial charge is 0.481 e. The fraction of sp³-hybridized carbons (Fsp3) is 0.471. The van der Waals surface area contributed by atoms with E-state index < -0.39 is 42.4 Å². The van der Waals surface area contributed by atoms with Crippen LogP contribution in [0.25, 0.3) is 0 Å². The van der Waals surface area contributed by atoms with Crippen molar-refractivity contribution in [3.63, 3.8) is 0 Å². The zero-order chi connectivity index (χ0) is 20.2. The molecule has 1 aromatic carbocycles. The van der Waals surface area contributed by atoms with Gasteiger partial charge in [0, 0.05) is 25.9 Å². The minimum absolute atomic E-state index is 0.0283. The fourth-order valence-corrected chi connectivity index (χ4v) is 2.78. The second-order valence-electron chi connectivity index (χ2n) is 6.28. The second kappa shape index (κ2) is 8.28. The van der Waals surface area contributed by atoms with Crippen molar-refractivity contribution in [3.05, 3.63) is 29.8 Å². The molecule has 2 amide bonds. The molecular formula is C17H19F3N2O5. The SMILES string of the molecule is CN1CC[C@H](C(=O)N[C@@H](CC(=O)O)c2ccc(OC(F)(F)F)cc2)CC1=O. The summed E-state index contributed by atoms with van der Waals surface area (Å²) in [7, 11) is 1.63. The number of carbonyl (C=O) groups excluding carboxylic acids is 2. The molecule has 148 valence electrons. The van der Waals surface area contributed by atoms with Crippen molar-refractivity contribution in [1.82, 2.24) is 10.2 Å². The van der Waals surface area contributed by atoms with Crippen molar-refractivity contribution in [3.8, 4) is 5.75 Å². The maximum absolute atomic E-state index is 12.4. The number of carboxylic acid groups (broad SMARTS) is 1. The number of carboxylic acids is 1. The first-order valence-corrected chi connectivity index (χ1v) is 8.17. The third-order valence-corrected chi connectivity index (χ3v) is 4.24. The van der Waals surface area contributed by atoms with Crippen molar-refractivity contribution >= 4 is 17.8 Å². The summed E-state index contributed by atoms with van der Waals surface area (Å²) >= 11 is 0. The molecule has 0 spiro atoms. The van der Waals surface area contributed by atoms with Gasteiger partial charge in [0.2, 0.25) is 11.8 Å². The molecule has 0 saturated carbocycles. The van der Waals surface area contributed by atoms with Crippen LogP contribution in [0.1, 0.15) is 30.9 Å². The third-order valence-electron chi connectivity index (χ3n) is 4.24. The molecule has 2 N–H and O–H groups in total. The van der Waals surface area contributed by atoms with Gasteiger partial charge in [-0.2, -0.15) is 0 Å². The number of nitrogens with one attached hydrogen (secondary N) is 1. The molecule has 27 heavy (non-hydrogen) atoms. The van der Waals surface area contributed by atoms with Crippen LogP contribution >= 0.6 is 0 Å². The number of likely N-dealkylation sites (tertiary alicyclic amines) is 1. The Morgan fingerprint density at radius 1 is 1.33 bits per heavy atom. The first kappa shape index (κ1) is 20.5. The first-order chi connectivity index (χ1) is 12.5. The number of ether oxygens (including phenoxy) is 1. The molecule has 1 aliphatic heterocycles. The lowest BCUT2D eigenvalue weighted by Gasteiger charge is -2.29. The molecule has 1 aliphatic rings. The number of halogens is 3. The van der Waals surface area contributed by atoms with Crippen molar-refractivity contribution < 1.29 is 37.4 Å². The maximum atomic E-state index is 12.4. The fourth-order valence-electron chi connectivity index (χ4n) is 2.78. The number of rotatable bonds is 6. The second-order valence-corrected chi connectivity index (χ2v) is 6.28. The van der Waals surface area contributed by atoms with E-state index in [4.69, 9.17) is 5.11 Å². The van der Waals surface area contributed by atoms with Gasteiger partial charge in [0.15, 0.2) is 0 Å². The van der Waals surface area contributed by atoms with Gasteiger partial charge in [-0.05, 0) is 24.1 Å². The summed E-state index contributed by atoms with van der Waals surface area (Å²) in [5.41, 5.74) is 0.319. The standard InChI is InChI=1S/C17H19F3N2O5/c1-22-7-6-11(8-14(22)23)16(26)21-13(9-15(24)25)10-2-4-12(5-3-10)27-17(18,19)20/h2-5,11,13H,6-9H2,1H3,(H,21,26)(H,24,25)/t11-,13-/m0/s1. The van der Waals surface area contributed by atoms with E-state index in [-0.39, 0.29) is 12.3 Å². The third kappa shape index (κ3) is 6.15. The molecule has 2 rings (SSSR count). The number of alkyl halides is 3. The van der Waals surface area contributed by atoms with Crippen LogP contribution in [0.15, 0.2) is 24.3 Å². The summed E-state index contributed by atoms with van der Waals surface area (Å²) in [6.45, 7) is 0.421. The van der Waals surface area contributed by atoms with Crippen LogP contribution in [0, 0.1) is 5.92 Å². The topological polar surface area (TPSA) is 95.9 Å². The van der Waals surface area contributed by atoms with Crippen LogP contribution in [0.5, 0.6) is 5.75 Å². The Balaban J connectivity index is 2.09. The summed E-state index contributed by atoms with van der Waals surface area (Å²) in [4.78, 5) is 36.8. The Morgan fingerprint density at radius 2 is 1.96 bits per heavy atom. The van der Waals surface area contributed by atoms with Gasteiger partial charge >= 0.3 is 12.3 Å². The summed E-state index contributed by atoms with van der Waals surface area (Å²) in [6, 6.07) is 3.67. The average Bonchev–Trinajstić information content (AvgIpc) is 2.55. The highest BCUT2D eigenvalue weighted by atomic mass is 19.4. The molecule has 0 aliphatic carbocycles. The van der Waals surface area contributed by atoms with Gasteiger partial charge in [0.05, 0.1) is 12.5 Å². The normalized spacial score (nSPS) is 18.7. The van der Waals surface area contributed by atoms with Crippen LogP contribution in [-0.4, -0.2) is 47.7 Å². The van der Waals surface area contributed by atoms with Gasteiger partial charge in [-0.1, -0.05) is 12.1 Å². The van der Waals surface area contributed by atoms with Gasteiger partial charge < -0.3 is 20.1 Å². The molecule has 1 aromatic rings. The molecular weight excluding hydrogens is 369 g/mol. The number of amides is 2. The summed E-state index contributed by atoms with van der Waals surface area (Å²) in [6.07, 6.45) is -4.81. The predicted octanol–water partition coefficient (Wildman–Crippen LogP) is 2.09. The Kier molecular flexibility index (Phi) is 6.29. The monoisotopic (exact) mass is 388 g/mol. The van der Waals surface area contributed by atoms with E-state index in [9.17, 15) is 27.6 Å². The van der Waals surface area contributed by atoms with Crippen LogP contribution < -0.4 is 10.1 Å². The lowest BCUT2D eigenvalue weighted by atomic mass is 9.94. The minimum Gasteiger partial charge on any atom is -0.481 e. The van der Waals surface area contributed by atoms with Crippen molar-refractivity contribution in [1.29, 1.82) is 0 Å².